The Kier molecular flexibility index (Phi) is 2.92. The van der Waals surface area contributed by atoms with Crippen LogP contribution >= 0.6 is 11.6 Å². The predicted molar refractivity (Wildman–Crippen MR) is 59.9 cm³/mol. The van der Waals surface area contributed by atoms with E-state index in [2.05, 4.69) is 28.9 Å². The molecular weight excluding hydrogens is 196 g/mol. The number of anilines is 1. The molecule has 14 heavy (non-hydrogen) atoms. The van der Waals surface area contributed by atoms with Crippen LogP contribution in [0, 0.1) is 5.92 Å². The standard InChI is InChI=1S/C11H15ClN2/c1-9-8-14(7-4-11(9)12)10-2-5-13-6-3-10/h2-3,5-6,9,11H,4,7-8H2,1H3. The summed E-state index contributed by atoms with van der Waals surface area (Å²) in [5, 5.41) is 0.341. The number of rotatable bonds is 1. The van der Waals surface area contributed by atoms with E-state index in [1.807, 2.05) is 12.4 Å². The van der Waals surface area contributed by atoms with Crippen LogP contribution in [0.3, 0.4) is 0 Å². The van der Waals surface area contributed by atoms with Crippen molar-refractivity contribution in [3.8, 4) is 0 Å². The molecule has 2 unspecified atom stereocenters. The van der Waals surface area contributed by atoms with Crippen LogP contribution in [0.1, 0.15) is 13.3 Å². The van der Waals surface area contributed by atoms with Crippen molar-refractivity contribution in [1.82, 2.24) is 4.98 Å². The van der Waals surface area contributed by atoms with Crippen LogP contribution in [0.5, 0.6) is 0 Å². The minimum Gasteiger partial charge on any atom is -0.371 e. The van der Waals surface area contributed by atoms with E-state index in [1.165, 1.54) is 5.69 Å². The van der Waals surface area contributed by atoms with Gasteiger partial charge < -0.3 is 4.90 Å². The van der Waals surface area contributed by atoms with Gasteiger partial charge in [-0.05, 0) is 24.5 Å². The van der Waals surface area contributed by atoms with E-state index in [1.54, 1.807) is 0 Å². The van der Waals surface area contributed by atoms with Crippen molar-refractivity contribution in [1.29, 1.82) is 0 Å². The van der Waals surface area contributed by atoms with Crippen LogP contribution in [-0.2, 0) is 0 Å². The summed E-state index contributed by atoms with van der Waals surface area (Å²) in [6.45, 7) is 4.33. The zero-order valence-corrected chi connectivity index (χ0v) is 9.11. The third-order valence-corrected chi connectivity index (χ3v) is 3.48. The van der Waals surface area contributed by atoms with Crippen LogP contribution in [-0.4, -0.2) is 23.5 Å². The molecule has 1 fully saturated rings. The summed E-state index contributed by atoms with van der Waals surface area (Å²) in [5.74, 6) is 0.568. The van der Waals surface area contributed by atoms with Gasteiger partial charge in [0.15, 0.2) is 0 Å². The Labute approximate surface area is 89.9 Å². The summed E-state index contributed by atoms with van der Waals surface area (Å²) in [5.41, 5.74) is 1.26. The maximum absolute atomic E-state index is 6.18. The van der Waals surface area contributed by atoms with Crippen LogP contribution in [0.4, 0.5) is 5.69 Å². The Morgan fingerprint density at radius 1 is 1.43 bits per heavy atom. The lowest BCUT2D eigenvalue weighted by atomic mass is 9.99. The van der Waals surface area contributed by atoms with Gasteiger partial charge in [0.05, 0.1) is 0 Å². The van der Waals surface area contributed by atoms with E-state index in [-0.39, 0.29) is 0 Å². The van der Waals surface area contributed by atoms with Gasteiger partial charge in [-0.2, -0.15) is 0 Å². The molecule has 1 saturated heterocycles. The topological polar surface area (TPSA) is 16.1 Å². The first-order valence-electron chi connectivity index (χ1n) is 5.06. The third-order valence-electron chi connectivity index (χ3n) is 2.83. The number of nitrogens with zero attached hydrogens (tertiary/aromatic N) is 2. The Morgan fingerprint density at radius 3 is 2.79 bits per heavy atom. The quantitative estimate of drug-likeness (QED) is 0.663. The largest absolute Gasteiger partial charge is 0.371 e. The number of piperidine rings is 1. The highest BCUT2D eigenvalue weighted by atomic mass is 35.5. The zero-order valence-electron chi connectivity index (χ0n) is 8.36. The van der Waals surface area contributed by atoms with Gasteiger partial charge in [-0.25, -0.2) is 0 Å². The lowest BCUT2D eigenvalue weighted by molar-refractivity contribution is 0.454. The molecule has 2 nitrogen and oxygen atoms in total. The number of hydrogen-bond donors (Lipinski definition) is 0. The molecule has 1 aromatic rings. The van der Waals surface area contributed by atoms with Crippen molar-refractivity contribution >= 4 is 17.3 Å². The highest BCUT2D eigenvalue weighted by molar-refractivity contribution is 6.20. The van der Waals surface area contributed by atoms with Crippen molar-refractivity contribution < 1.29 is 0 Å². The van der Waals surface area contributed by atoms with E-state index < -0.39 is 0 Å². The first-order chi connectivity index (χ1) is 6.77. The minimum absolute atomic E-state index is 0.341. The predicted octanol–water partition coefficient (Wildman–Crippen LogP) is 2.54. The Morgan fingerprint density at radius 2 is 2.14 bits per heavy atom. The second kappa shape index (κ2) is 4.18. The molecule has 0 saturated carbocycles. The zero-order chi connectivity index (χ0) is 9.97. The molecule has 0 N–H and O–H groups in total. The number of aromatic nitrogens is 1. The normalized spacial score (nSPS) is 27.7. The van der Waals surface area contributed by atoms with Crippen molar-refractivity contribution in [2.45, 2.75) is 18.7 Å². The molecule has 1 aliphatic heterocycles. The molecule has 76 valence electrons. The van der Waals surface area contributed by atoms with Crippen LogP contribution in [0.2, 0.25) is 0 Å². The molecule has 0 amide bonds. The lowest BCUT2D eigenvalue weighted by Crippen LogP contribution is -2.39. The summed E-state index contributed by atoms with van der Waals surface area (Å²) in [6, 6.07) is 4.11. The minimum atomic E-state index is 0.341. The Balaban J connectivity index is 2.07. The number of alkyl halides is 1. The summed E-state index contributed by atoms with van der Waals surface area (Å²) < 4.78 is 0. The van der Waals surface area contributed by atoms with Crippen molar-refractivity contribution in [3.63, 3.8) is 0 Å². The lowest BCUT2D eigenvalue weighted by Gasteiger charge is -2.35. The van der Waals surface area contributed by atoms with Crippen molar-refractivity contribution in [2.75, 3.05) is 18.0 Å². The summed E-state index contributed by atoms with van der Waals surface area (Å²) in [6.07, 6.45) is 4.75. The van der Waals surface area contributed by atoms with E-state index in [9.17, 15) is 0 Å². The SMILES string of the molecule is CC1CN(c2ccncc2)CCC1Cl. The molecule has 0 radical (unpaired) electrons. The molecule has 0 bridgehead atoms. The maximum atomic E-state index is 6.18. The first-order valence-corrected chi connectivity index (χ1v) is 5.50. The average Bonchev–Trinajstić information content (AvgIpc) is 2.23. The number of halogens is 1. The summed E-state index contributed by atoms with van der Waals surface area (Å²) in [7, 11) is 0. The highest BCUT2D eigenvalue weighted by Gasteiger charge is 2.24. The highest BCUT2D eigenvalue weighted by Crippen LogP contribution is 2.25. The summed E-state index contributed by atoms with van der Waals surface area (Å²) in [4.78, 5) is 6.40. The van der Waals surface area contributed by atoms with Gasteiger partial charge in [0.1, 0.15) is 0 Å². The fourth-order valence-electron chi connectivity index (χ4n) is 1.91. The smallest absolute Gasteiger partial charge is 0.0397 e. The van der Waals surface area contributed by atoms with E-state index in [0.29, 0.717) is 11.3 Å². The molecule has 2 rings (SSSR count). The third kappa shape index (κ3) is 2.01. The Hall–Kier alpha value is -0.760. The number of pyridine rings is 1. The molecule has 0 aliphatic carbocycles. The second-order valence-electron chi connectivity index (χ2n) is 3.93. The fourth-order valence-corrected chi connectivity index (χ4v) is 2.08. The van der Waals surface area contributed by atoms with Gasteiger partial charge in [0.25, 0.3) is 0 Å². The van der Waals surface area contributed by atoms with Gasteiger partial charge in [-0.1, -0.05) is 6.92 Å². The molecular formula is C11H15ClN2. The molecule has 0 spiro atoms. The van der Waals surface area contributed by atoms with Crippen LogP contribution < -0.4 is 4.90 Å². The van der Waals surface area contributed by atoms with Gasteiger partial charge in [0, 0.05) is 36.5 Å². The fraction of sp³-hybridized carbons (Fsp3) is 0.545. The molecule has 0 aromatic carbocycles. The van der Waals surface area contributed by atoms with Gasteiger partial charge in [0.2, 0.25) is 0 Å². The molecule has 1 aliphatic rings. The Bertz CT molecular complexity index is 289. The van der Waals surface area contributed by atoms with Crippen LogP contribution in [0.15, 0.2) is 24.5 Å². The number of hydrogen-bond acceptors (Lipinski definition) is 2. The second-order valence-corrected chi connectivity index (χ2v) is 4.49. The van der Waals surface area contributed by atoms with Crippen molar-refractivity contribution in [3.05, 3.63) is 24.5 Å². The monoisotopic (exact) mass is 210 g/mol. The first kappa shape index (κ1) is 9.78. The van der Waals surface area contributed by atoms with Crippen LogP contribution in [0.25, 0.3) is 0 Å². The molecule has 2 heterocycles. The van der Waals surface area contributed by atoms with E-state index >= 15 is 0 Å². The van der Waals surface area contributed by atoms with Gasteiger partial charge >= 0.3 is 0 Å². The maximum Gasteiger partial charge on any atom is 0.0397 e. The van der Waals surface area contributed by atoms with Gasteiger partial charge in [-0.3, -0.25) is 4.98 Å². The molecule has 1 aromatic heterocycles. The average molecular weight is 211 g/mol. The van der Waals surface area contributed by atoms with Gasteiger partial charge in [-0.15, -0.1) is 11.6 Å². The van der Waals surface area contributed by atoms with E-state index in [4.69, 9.17) is 11.6 Å². The molecule has 2 atom stereocenters. The van der Waals surface area contributed by atoms with E-state index in [0.717, 1.165) is 19.5 Å². The summed E-state index contributed by atoms with van der Waals surface area (Å²) >= 11 is 6.18. The molecule has 3 heteroatoms. The van der Waals surface area contributed by atoms with Crippen molar-refractivity contribution in [2.24, 2.45) is 5.92 Å².